The number of nitrogens with one attached hydrogen (secondary N) is 1. The van der Waals surface area contributed by atoms with Crippen molar-refractivity contribution in [3.05, 3.63) is 72.2 Å². The van der Waals surface area contributed by atoms with E-state index in [1.54, 1.807) is 17.2 Å². The van der Waals surface area contributed by atoms with Crippen LogP contribution in [0.25, 0.3) is 0 Å². The van der Waals surface area contributed by atoms with Gasteiger partial charge in [-0.3, -0.25) is 9.69 Å². The van der Waals surface area contributed by atoms with Crippen molar-refractivity contribution in [3.63, 3.8) is 0 Å². The average molecular weight is 334 g/mol. The molecule has 124 valence electrons. The summed E-state index contributed by atoms with van der Waals surface area (Å²) in [7, 11) is 0. The quantitative estimate of drug-likeness (QED) is 0.773. The fraction of sp³-hybridized carbons (Fsp3) is 0.105. The highest BCUT2D eigenvalue weighted by molar-refractivity contribution is 6.12. The minimum absolute atomic E-state index is 0.102. The van der Waals surface area contributed by atoms with Crippen LogP contribution < -0.4 is 19.7 Å². The van der Waals surface area contributed by atoms with Crippen LogP contribution in [0, 0.1) is 0 Å². The van der Waals surface area contributed by atoms with Gasteiger partial charge in [0.1, 0.15) is 5.76 Å². The van der Waals surface area contributed by atoms with Gasteiger partial charge < -0.3 is 19.2 Å². The molecule has 2 aromatic carbocycles. The smallest absolute Gasteiger partial charge is 0.262 e. The van der Waals surface area contributed by atoms with Gasteiger partial charge in [-0.15, -0.1) is 0 Å². The van der Waals surface area contributed by atoms with Crippen LogP contribution in [-0.4, -0.2) is 12.7 Å². The van der Waals surface area contributed by atoms with Crippen LogP contribution in [0.15, 0.2) is 65.3 Å². The third-order valence-corrected chi connectivity index (χ3v) is 4.37. The zero-order valence-electron chi connectivity index (χ0n) is 13.1. The summed E-state index contributed by atoms with van der Waals surface area (Å²) in [4.78, 5) is 14.9. The van der Waals surface area contributed by atoms with Gasteiger partial charge >= 0.3 is 0 Å². The molecule has 3 aromatic rings. The van der Waals surface area contributed by atoms with Gasteiger partial charge in [0, 0.05) is 11.8 Å². The lowest BCUT2D eigenvalue weighted by Crippen LogP contribution is -2.43. The van der Waals surface area contributed by atoms with Gasteiger partial charge in [0.25, 0.3) is 5.91 Å². The molecular weight excluding hydrogens is 320 g/mol. The Morgan fingerprint density at radius 2 is 1.88 bits per heavy atom. The number of hydrogen-bond donors (Lipinski definition) is 1. The molecule has 0 aliphatic carbocycles. The Hall–Kier alpha value is -3.41. The van der Waals surface area contributed by atoms with Gasteiger partial charge in [-0.05, 0) is 36.4 Å². The van der Waals surface area contributed by atoms with E-state index in [0.29, 0.717) is 28.5 Å². The van der Waals surface area contributed by atoms with Crippen molar-refractivity contribution in [2.75, 3.05) is 17.0 Å². The van der Waals surface area contributed by atoms with Crippen LogP contribution >= 0.6 is 0 Å². The third kappa shape index (κ3) is 2.15. The summed E-state index contributed by atoms with van der Waals surface area (Å²) in [6.45, 7) is 0.190. The minimum Gasteiger partial charge on any atom is -0.465 e. The Labute approximate surface area is 143 Å². The molecule has 2 aliphatic heterocycles. The molecule has 1 aromatic heterocycles. The molecule has 0 saturated carbocycles. The van der Waals surface area contributed by atoms with Crippen molar-refractivity contribution in [1.29, 1.82) is 0 Å². The first-order valence-corrected chi connectivity index (χ1v) is 7.93. The van der Waals surface area contributed by atoms with E-state index >= 15 is 0 Å². The van der Waals surface area contributed by atoms with Crippen molar-refractivity contribution >= 4 is 17.3 Å². The van der Waals surface area contributed by atoms with Gasteiger partial charge in [-0.2, -0.15) is 0 Å². The number of para-hydroxylation sites is 1. The fourth-order valence-electron chi connectivity index (χ4n) is 3.20. The van der Waals surface area contributed by atoms with Crippen molar-refractivity contribution < 1.29 is 18.7 Å². The fourth-order valence-corrected chi connectivity index (χ4v) is 3.20. The monoisotopic (exact) mass is 334 g/mol. The van der Waals surface area contributed by atoms with Crippen molar-refractivity contribution in [1.82, 2.24) is 0 Å². The van der Waals surface area contributed by atoms with Gasteiger partial charge in [0.2, 0.25) is 6.79 Å². The number of benzene rings is 2. The highest BCUT2D eigenvalue weighted by Gasteiger charge is 2.36. The molecule has 25 heavy (non-hydrogen) atoms. The third-order valence-electron chi connectivity index (χ3n) is 4.37. The number of fused-ring (bicyclic) bond motifs is 2. The van der Waals surface area contributed by atoms with E-state index in [2.05, 4.69) is 5.32 Å². The average Bonchev–Trinajstić information content (AvgIpc) is 3.33. The summed E-state index contributed by atoms with van der Waals surface area (Å²) in [6.07, 6.45) is 1.15. The second-order valence-electron chi connectivity index (χ2n) is 5.82. The summed E-state index contributed by atoms with van der Waals surface area (Å²) < 4.78 is 16.4. The molecule has 0 saturated heterocycles. The lowest BCUT2D eigenvalue weighted by Gasteiger charge is -2.36. The Morgan fingerprint density at radius 1 is 1.00 bits per heavy atom. The Balaban J connectivity index is 1.65. The maximum Gasteiger partial charge on any atom is 0.262 e. The number of carbonyl (C=O) groups is 1. The molecule has 1 amide bonds. The highest BCUT2D eigenvalue weighted by Crippen LogP contribution is 2.41. The van der Waals surface area contributed by atoms with E-state index in [9.17, 15) is 4.79 Å². The first-order valence-electron chi connectivity index (χ1n) is 7.93. The number of anilines is 2. The SMILES string of the molecule is O=C1c2ccccc2NC(c2ccco2)N1c1ccc2c(c1)OCO2. The number of ether oxygens (including phenoxy) is 2. The molecule has 0 fully saturated rings. The van der Waals surface area contributed by atoms with Crippen molar-refractivity contribution in [2.24, 2.45) is 0 Å². The lowest BCUT2D eigenvalue weighted by molar-refractivity contribution is 0.0972. The van der Waals surface area contributed by atoms with Crippen molar-refractivity contribution in [2.45, 2.75) is 6.17 Å². The number of rotatable bonds is 2. The Bertz CT molecular complexity index is 952. The molecule has 2 aliphatic rings. The zero-order chi connectivity index (χ0) is 16.8. The van der Waals surface area contributed by atoms with E-state index in [0.717, 1.165) is 5.69 Å². The van der Waals surface area contributed by atoms with Crippen molar-refractivity contribution in [3.8, 4) is 11.5 Å². The van der Waals surface area contributed by atoms with Gasteiger partial charge in [-0.1, -0.05) is 12.1 Å². The van der Waals surface area contributed by atoms with Crippen LogP contribution in [0.3, 0.4) is 0 Å². The predicted molar refractivity (Wildman–Crippen MR) is 90.9 cm³/mol. The Kier molecular flexibility index (Phi) is 2.97. The first kappa shape index (κ1) is 14.0. The summed E-state index contributed by atoms with van der Waals surface area (Å²) in [5.74, 6) is 1.86. The maximum atomic E-state index is 13.2. The molecule has 6 nitrogen and oxygen atoms in total. The molecule has 0 bridgehead atoms. The molecule has 5 rings (SSSR count). The summed E-state index contributed by atoms with van der Waals surface area (Å²) in [6, 6.07) is 16.6. The van der Waals surface area contributed by atoms with Crippen LogP contribution in [0.4, 0.5) is 11.4 Å². The summed E-state index contributed by atoms with van der Waals surface area (Å²) in [5.41, 5.74) is 2.10. The van der Waals surface area contributed by atoms with Gasteiger partial charge in [0.05, 0.1) is 17.5 Å². The van der Waals surface area contributed by atoms with Crippen LogP contribution in [0.2, 0.25) is 0 Å². The highest BCUT2D eigenvalue weighted by atomic mass is 16.7. The van der Waals surface area contributed by atoms with Crippen LogP contribution in [0.1, 0.15) is 22.3 Å². The zero-order valence-corrected chi connectivity index (χ0v) is 13.1. The maximum absolute atomic E-state index is 13.2. The van der Waals surface area contributed by atoms with E-state index in [-0.39, 0.29) is 12.7 Å². The summed E-state index contributed by atoms with van der Waals surface area (Å²) in [5, 5.41) is 3.39. The normalized spacial score (nSPS) is 18.0. The van der Waals surface area contributed by atoms with E-state index in [1.807, 2.05) is 48.5 Å². The van der Waals surface area contributed by atoms with Gasteiger partial charge in [0.15, 0.2) is 17.7 Å². The molecule has 0 radical (unpaired) electrons. The number of nitrogens with zero attached hydrogens (tertiary/aromatic N) is 1. The van der Waals surface area contributed by atoms with Crippen LogP contribution in [-0.2, 0) is 0 Å². The lowest BCUT2D eigenvalue weighted by atomic mass is 10.1. The molecular formula is C19H14N2O4. The molecule has 0 spiro atoms. The molecule has 6 heteroatoms. The predicted octanol–water partition coefficient (Wildman–Crippen LogP) is 3.78. The van der Waals surface area contributed by atoms with E-state index in [1.165, 1.54) is 0 Å². The van der Waals surface area contributed by atoms with E-state index in [4.69, 9.17) is 13.9 Å². The van der Waals surface area contributed by atoms with E-state index < -0.39 is 6.17 Å². The topological polar surface area (TPSA) is 63.9 Å². The number of furan rings is 1. The molecule has 3 heterocycles. The number of hydrogen-bond acceptors (Lipinski definition) is 5. The second kappa shape index (κ2) is 5.31. The molecule has 1 N–H and O–H groups in total. The standard InChI is InChI=1S/C19H14N2O4/c22-19-13-4-1-2-5-14(13)20-18(16-6-3-9-23-16)21(19)12-7-8-15-17(10-12)25-11-24-15/h1-10,18,20H,11H2. The second-order valence-corrected chi connectivity index (χ2v) is 5.82. The largest absolute Gasteiger partial charge is 0.465 e. The molecule has 1 unspecified atom stereocenters. The van der Waals surface area contributed by atoms with Crippen LogP contribution in [0.5, 0.6) is 11.5 Å². The van der Waals surface area contributed by atoms with Gasteiger partial charge in [-0.25, -0.2) is 0 Å². The number of carbonyl (C=O) groups excluding carboxylic acids is 1. The summed E-state index contributed by atoms with van der Waals surface area (Å²) >= 11 is 0. The number of amides is 1. The Morgan fingerprint density at radius 3 is 2.76 bits per heavy atom. The first-order chi connectivity index (χ1) is 12.3. The minimum atomic E-state index is -0.447. The molecule has 1 atom stereocenters.